The molecule has 24 heavy (non-hydrogen) atoms. The molecule has 1 aliphatic carbocycles. The number of hydrogen-bond acceptors (Lipinski definition) is 3. The second-order valence-electron chi connectivity index (χ2n) is 5.94. The molecule has 0 unspecified atom stereocenters. The number of aromatic nitrogens is 2. The van der Waals surface area contributed by atoms with Gasteiger partial charge in [-0.25, -0.2) is 8.78 Å². The van der Waals surface area contributed by atoms with Gasteiger partial charge in [0.05, 0.1) is 11.9 Å². The number of nitrogens with one attached hydrogen (secondary N) is 2. The van der Waals surface area contributed by atoms with E-state index >= 15 is 0 Å². The van der Waals surface area contributed by atoms with Crippen LogP contribution in [0, 0.1) is 11.6 Å². The van der Waals surface area contributed by atoms with Crippen LogP contribution in [0.15, 0.2) is 30.6 Å². The molecule has 0 aliphatic heterocycles. The van der Waals surface area contributed by atoms with Crippen molar-refractivity contribution < 1.29 is 18.4 Å². The molecular weight excluding hydrogens is 318 g/mol. The Morgan fingerprint density at radius 3 is 2.62 bits per heavy atom. The van der Waals surface area contributed by atoms with Gasteiger partial charge in [0.15, 0.2) is 0 Å². The van der Waals surface area contributed by atoms with Crippen LogP contribution in [-0.2, 0) is 22.1 Å². The molecule has 2 amide bonds. The Morgan fingerprint density at radius 1 is 1.29 bits per heavy atom. The molecule has 3 rings (SSSR count). The summed E-state index contributed by atoms with van der Waals surface area (Å²) in [5.74, 6) is -2.92. The fourth-order valence-electron chi connectivity index (χ4n) is 2.62. The lowest BCUT2D eigenvalue weighted by molar-refractivity contribution is -0.136. The van der Waals surface area contributed by atoms with Crippen molar-refractivity contribution in [1.82, 2.24) is 15.1 Å². The van der Waals surface area contributed by atoms with Crippen molar-refractivity contribution in [3.05, 3.63) is 47.8 Å². The highest BCUT2D eigenvalue weighted by Crippen LogP contribution is 2.48. The lowest BCUT2D eigenvalue weighted by atomic mass is 9.95. The number of anilines is 1. The summed E-state index contributed by atoms with van der Waals surface area (Å²) in [6, 6.07) is 3.40. The minimum Gasteiger partial charge on any atom is -0.347 e. The highest BCUT2D eigenvalue weighted by molar-refractivity contribution is 6.39. The van der Waals surface area contributed by atoms with E-state index in [1.54, 1.807) is 13.2 Å². The molecule has 1 aromatic heterocycles. The van der Waals surface area contributed by atoms with Crippen molar-refractivity contribution in [2.24, 2.45) is 7.05 Å². The number of hydrogen-bond donors (Lipinski definition) is 2. The smallest absolute Gasteiger partial charge is 0.313 e. The van der Waals surface area contributed by atoms with Crippen molar-refractivity contribution in [3.63, 3.8) is 0 Å². The number of carbonyl (C=O) groups is 2. The Labute approximate surface area is 136 Å². The third-order valence-corrected chi connectivity index (χ3v) is 4.11. The quantitative estimate of drug-likeness (QED) is 0.832. The maximum atomic E-state index is 13.9. The summed E-state index contributed by atoms with van der Waals surface area (Å²) in [7, 11) is 1.68. The molecule has 126 valence electrons. The predicted molar refractivity (Wildman–Crippen MR) is 82.1 cm³/mol. The second-order valence-corrected chi connectivity index (χ2v) is 5.94. The number of halogens is 2. The summed E-state index contributed by atoms with van der Waals surface area (Å²) in [4.78, 5) is 23.7. The number of amides is 2. The first-order chi connectivity index (χ1) is 11.4. The number of rotatable bonds is 4. The van der Waals surface area contributed by atoms with Crippen molar-refractivity contribution in [2.45, 2.75) is 18.3 Å². The van der Waals surface area contributed by atoms with Crippen LogP contribution >= 0.6 is 0 Å². The number of carbonyl (C=O) groups excluding carboxylic acids is 2. The standard InChI is InChI=1S/C16H16F2N4O2/c1-22-8-11(7-20-22)21-15(24)14(23)19-9-16(4-5-16)12-3-2-10(17)6-13(12)18/h2-3,6-8H,4-5,9H2,1H3,(H,19,23)(H,21,24). The van der Waals surface area contributed by atoms with E-state index in [-0.39, 0.29) is 6.54 Å². The number of nitrogens with zero attached hydrogens (tertiary/aromatic N) is 2. The molecule has 0 saturated heterocycles. The zero-order chi connectivity index (χ0) is 17.3. The molecule has 0 atom stereocenters. The second kappa shape index (κ2) is 6.03. The summed E-state index contributed by atoms with van der Waals surface area (Å²) in [6.45, 7) is 0.120. The highest BCUT2D eigenvalue weighted by Gasteiger charge is 2.46. The molecular formula is C16H16F2N4O2. The summed E-state index contributed by atoms with van der Waals surface area (Å²) in [5, 5.41) is 8.81. The lowest BCUT2D eigenvalue weighted by Crippen LogP contribution is -2.39. The van der Waals surface area contributed by atoms with E-state index in [1.165, 1.54) is 23.0 Å². The average Bonchev–Trinajstić information content (AvgIpc) is 3.20. The zero-order valence-electron chi connectivity index (χ0n) is 13.0. The Bertz CT molecular complexity index is 799. The molecule has 1 fully saturated rings. The van der Waals surface area contributed by atoms with Crippen LogP contribution in [0.3, 0.4) is 0 Å². The summed E-state index contributed by atoms with van der Waals surface area (Å²) in [5.41, 5.74) is 0.197. The van der Waals surface area contributed by atoms with E-state index in [0.29, 0.717) is 24.1 Å². The van der Waals surface area contributed by atoms with Gasteiger partial charge in [-0.05, 0) is 24.5 Å². The first kappa shape index (κ1) is 16.1. The first-order valence-corrected chi connectivity index (χ1v) is 7.43. The molecule has 1 aliphatic rings. The Kier molecular flexibility index (Phi) is 4.04. The number of aryl methyl sites for hydroxylation is 1. The van der Waals surface area contributed by atoms with Crippen LogP contribution in [0.1, 0.15) is 18.4 Å². The van der Waals surface area contributed by atoms with Gasteiger partial charge in [-0.3, -0.25) is 14.3 Å². The minimum absolute atomic E-state index is 0.120. The number of benzene rings is 1. The van der Waals surface area contributed by atoms with E-state index in [1.807, 2.05) is 0 Å². The van der Waals surface area contributed by atoms with Gasteiger partial charge in [0.2, 0.25) is 0 Å². The maximum absolute atomic E-state index is 13.9. The topological polar surface area (TPSA) is 76.0 Å². The Hall–Kier alpha value is -2.77. The molecule has 0 bridgehead atoms. The van der Waals surface area contributed by atoms with Gasteiger partial charge in [0, 0.05) is 31.3 Å². The SMILES string of the molecule is Cn1cc(NC(=O)C(=O)NCC2(c3ccc(F)cc3F)CC2)cn1. The molecule has 8 heteroatoms. The Morgan fingerprint density at radius 2 is 2.04 bits per heavy atom. The lowest BCUT2D eigenvalue weighted by Gasteiger charge is -2.17. The molecule has 2 aromatic rings. The molecule has 6 nitrogen and oxygen atoms in total. The van der Waals surface area contributed by atoms with E-state index in [9.17, 15) is 18.4 Å². The van der Waals surface area contributed by atoms with Gasteiger partial charge >= 0.3 is 11.8 Å². The Balaban J connectivity index is 1.60. The largest absolute Gasteiger partial charge is 0.347 e. The normalized spacial score (nSPS) is 15.0. The fourth-order valence-corrected chi connectivity index (χ4v) is 2.62. The van der Waals surface area contributed by atoms with Gasteiger partial charge in [-0.2, -0.15) is 5.10 Å². The summed E-state index contributed by atoms with van der Waals surface area (Å²) >= 11 is 0. The summed E-state index contributed by atoms with van der Waals surface area (Å²) in [6.07, 6.45) is 4.31. The van der Waals surface area contributed by atoms with E-state index in [2.05, 4.69) is 15.7 Å². The minimum atomic E-state index is -0.821. The summed E-state index contributed by atoms with van der Waals surface area (Å²) < 4.78 is 28.4. The monoisotopic (exact) mass is 334 g/mol. The van der Waals surface area contributed by atoms with Gasteiger partial charge in [-0.15, -0.1) is 0 Å². The van der Waals surface area contributed by atoms with Crippen LogP contribution in [0.2, 0.25) is 0 Å². The third-order valence-electron chi connectivity index (χ3n) is 4.11. The molecule has 1 heterocycles. The van der Waals surface area contributed by atoms with E-state index in [0.717, 1.165) is 6.07 Å². The van der Waals surface area contributed by atoms with Crippen molar-refractivity contribution in [3.8, 4) is 0 Å². The van der Waals surface area contributed by atoms with Gasteiger partial charge in [0.1, 0.15) is 11.6 Å². The zero-order valence-corrected chi connectivity index (χ0v) is 13.0. The van der Waals surface area contributed by atoms with Crippen molar-refractivity contribution >= 4 is 17.5 Å². The van der Waals surface area contributed by atoms with E-state index in [4.69, 9.17) is 0 Å². The average molecular weight is 334 g/mol. The van der Waals surface area contributed by atoms with Crippen LogP contribution < -0.4 is 10.6 Å². The maximum Gasteiger partial charge on any atom is 0.313 e. The predicted octanol–water partition coefficient (Wildman–Crippen LogP) is 1.48. The molecule has 0 spiro atoms. The highest BCUT2D eigenvalue weighted by atomic mass is 19.1. The molecule has 0 radical (unpaired) electrons. The van der Waals surface area contributed by atoms with Crippen LogP contribution in [-0.4, -0.2) is 28.1 Å². The first-order valence-electron chi connectivity index (χ1n) is 7.43. The van der Waals surface area contributed by atoms with Crippen molar-refractivity contribution in [2.75, 3.05) is 11.9 Å². The van der Waals surface area contributed by atoms with E-state index < -0.39 is 28.9 Å². The molecule has 1 saturated carbocycles. The third kappa shape index (κ3) is 3.27. The molecule has 1 aromatic carbocycles. The van der Waals surface area contributed by atoms with Crippen LogP contribution in [0.25, 0.3) is 0 Å². The van der Waals surface area contributed by atoms with Crippen molar-refractivity contribution in [1.29, 1.82) is 0 Å². The van der Waals surface area contributed by atoms with Gasteiger partial charge in [-0.1, -0.05) is 6.07 Å². The fraction of sp³-hybridized carbons (Fsp3) is 0.312. The van der Waals surface area contributed by atoms with Gasteiger partial charge in [0.25, 0.3) is 0 Å². The van der Waals surface area contributed by atoms with Gasteiger partial charge < -0.3 is 10.6 Å². The van der Waals surface area contributed by atoms with Crippen LogP contribution in [0.4, 0.5) is 14.5 Å². The molecule has 2 N–H and O–H groups in total. The van der Waals surface area contributed by atoms with Crippen LogP contribution in [0.5, 0.6) is 0 Å².